The first-order valence-corrected chi connectivity index (χ1v) is 6.58. The molecule has 0 bridgehead atoms. The van der Waals surface area contributed by atoms with Gasteiger partial charge in [0.2, 0.25) is 0 Å². The van der Waals surface area contributed by atoms with Gasteiger partial charge in [-0.25, -0.2) is 0 Å². The summed E-state index contributed by atoms with van der Waals surface area (Å²) in [5.41, 5.74) is 1.43. The highest BCUT2D eigenvalue weighted by molar-refractivity contribution is 7.10. The van der Waals surface area contributed by atoms with E-state index >= 15 is 0 Å². The minimum absolute atomic E-state index is 0.582. The van der Waals surface area contributed by atoms with Crippen LogP contribution in [-0.2, 0) is 11.2 Å². The number of nitrogens with one attached hydrogen (secondary N) is 1. The van der Waals surface area contributed by atoms with Crippen LogP contribution in [0.15, 0.2) is 11.4 Å². The van der Waals surface area contributed by atoms with Gasteiger partial charge in [0.1, 0.15) is 0 Å². The molecule has 0 saturated carbocycles. The molecule has 1 aromatic heterocycles. The number of thiophene rings is 1. The quantitative estimate of drug-likeness (QED) is 0.849. The van der Waals surface area contributed by atoms with Gasteiger partial charge in [-0.1, -0.05) is 0 Å². The van der Waals surface area contributed by atoms with E-state index in [2.05, 4.69) is 23.7 Å². The molecule has 2 nitrogen and oxygen atoms in total. The second-order valence-electron chi connectivity index (χ2n) is 4.14. The number of aryl methyl sites for hydroxylation is 1. The molecule has 0 aromatic carbocycles. The minimum Gasteiger partial charge on any atom is -0.380 e. The van der Waals surface area contributed by atoms with E-state index in [4.69, 9.17) is 4.74 Å². The Morgan fingerprint density at radius 1 is 1.60 bits per heavy atom. The fourth-order valence-electron chi connectivity index (χ4n) is 1.95. The van der Waals surface area contributed by atoms with Crippen molar-refractivity contribution in [1.82, 2.24) is 5.32 Å². The lowest BCUT2D eigenvalue weighted by Crippen LogP contribution is -2.37. The third kappa shape index (κ3) is 3.30. The van der Waals surface area contributed by atoms with Gasteiger partial charge in [0.25, 0.3) is 0 Å². The van der Waals surface area contributed by atoms with E-state index in [0.29, 0.717) is 6.04 Å². The van der Waals surface area contributed by atoms with E-state index in [9.17, 15) is 0 Å². The average Bonchev–Trinajstić information content (AvgIpc) is 2.66. The van der Waals surface area contributed by atoms with Gasteiger partial charge < -0.3 is 10.1 Å². The fourth-order valence-corrected chi connectivity index (χ4v) is 2.86. The molecular formula is C12H19NOS. The van der Waals surface area contributed by atoms with Gasteiger partial charge in [-0.2, -0.15) is 0 Å². The second-order valence-corrected chi connectivity index (χ2v) is 5.15. The number of hydrogen-bond donors (Lipinski definition) is 1. The average molecular weight is 225 g/mol. The molecule has 0 spiro atoms. The predicted octanol–water partition coefficient (Wildman–Crippen LogP) is 2.37. The molecule has 3 heteroatoms. The summed E-state index contributed by atoms with van der Waals surface area (Å²) in [7, 11) is 0. The molecule has 1 atom stereocenters. The van der Waals surface area contributed by atoms with E-state index in [0.717, 1.165) is 26.2 Å². The molecule has 1 fully saturated rings. The van der Waals surface area contributed by atoms with E-state index in [1.54, 1.807) is 0 Å². The van der Waals surface area contributed by atoms with Crippen molar-refractivity contribution in [2.75, 3.05) is 19.8 Å². The van der Waals surface area contributed by atoms with Crippen LogP contribution >= 0.6 is 11.3 Å². The minimum atomic E-state index is 0.582. The Morgan fingerprint density at radius 3 is 3.20 bits per heavy atom. The predicted molar refractivity (Wildman–Crippen MR) is 64.6 cm³/mol. The Bertz CT molecular complexity index is 292. The first-order chi connectivity index (χ1) is 7.36. The van der Waals surface area contributed by atoms with Crippen molar-refractivity contribution in [3.05, 3.63) is 21.9 Å². The van der Waals surface area contributed by atoms with Crippen molar-refractivity contribution in [3.8, 4) is 0 Å². The van der Waals surface area contributed by atoms with Gasteiger partial charge >= 0.3 is 0 Å². The third-order valence-corrected chi connectivity index (χ3v) is 4.00. The van der Waals surface area contributed by atoms with Crippen molar-refractivity contribution in [3.63, 3.8) is 0 Å². The summed E-state index contributed by atoms with van der Waals surface area (Å²) in [6, 6.07) is 2.78. The lowest BCUT2D eigenvalue weighted by atomic mass is 10.1. The maximum absolute atomic E-state index is 5.43. The van der Waals surface area contributed by atoms with Crippen molar-refractivity contribution in [1.29, 1.82) is 0 Å². The summed E-state index contributed by atoms with van der Waals surface area (Å²) in [5.74, 6) is 0. The summed E-state index contributed by atoms with van der Waals surface area (Å²) >= 11 is 1.86. The van der Waals surface area contributed by atoms with Gasteiger partial charge in [0, 0.05) is 24.1 Å². The molecule has 1 N–H and O–H groups in total. The molecule has 15 heavy (non-hydrogen) atoms. The van der Waals surface area contributed by atoms with Gasteiger partial charge in [-0.3, -0.25) is 0 Å². The van der Waals surface area contributed by atoms with Crippen LogP contribution in [0, 0.1) is 6.92 Å². The van der Waals surface area contributed by atoms with Crippen LogP contribution in [0.5, 0.6) is 0 Å². The molecule has 2 heterocycles. The van der Waals surface area contributed by atoms with Crippen LogP contribution in [0.2, 0.25) is 0 Å². The highest BCUT2D eigenvalue weighted by Gasteiger charge is 2.12. The smallest absolute Gasteiger partial charge is 0.0619 e. The highest BCUT2D eigenvalue weighted by atomic mass is 32.1. The van der Waals surface area contributed by atoms with Crippen LogP contribution < -0.4 is 5.32 Å². The summed E-state index contributed by atoms with van der Waals surface area (Å²) in [6.07, 6.45) is 3.62. The zero-order chi connectivity index (χ0) is 10.5. The van der Waals surface area contributed by atoms with Crippen LogP contribution in [0.3, 0.4) is 0 Å². The van der Waals surface area contributed by atoms with E-state index in [1.165, 1.54) is 23.3 Å². The SMILES string of the molecule is Cc1ccsc1CCNC1CCCOC1. The lowest BCUT2D eigenvalue weighted by Gasteiger charge is -2.23. The highest BCUT2D eigenvalue weighted by Crippen LogP contribution is 2.15. The Labute approximate surface area is 95.6 Å². The van der Waals surface area contributed by atoms with Crippen molar-refractivity contribution < 1.29 is 4.74 Å². The molecule has 1 unspecified atom stereocenters. The van der Waals surface area contributed by atoms with Gasteiger partial charge in [0.15, 0.2) is 0 Å². The van der Waals surface area contributed by atoms with Crippen molar-refractivity contribution in [2.24, 2.45) is 0 Å². The molecule has 0 amide bonds. The fraction of sp³-hybridized carbons (Fsp3) is 0.667. The Hall–Kier alpha value is -0.380. The first kappa shape index (κ1) is 11.1. The molecule has 1 aliphatic rings. The molecule has 1 aliphatic heterocycles. The molecule has 84 valence electrons. The van der Waals surface area contributed by atoms with E-state index < -0.39 is 0 Å². The Balaban J connectivity index is 1.68. The van der Waals surface area contributed by atoms with Crippen LogP contribution in [-0.4, -0.2) is 25.8 Å². The van der Waals surface area contributed by atoms with Gasteiger partial charge in [-0.05, 0) is 43.2 Å². The molecular weight excluding hydrogens is 206 g/mol. The van der Waals surface area contributed by atoms with Gasteiger partial charge in [0.05, 0.1) is 6.61 Å². The normalized spacial score (nSPS) is 21.8. The number of hydrogen-bond acceptors (Lipinski definition) is 3. The Morgan fingerprint density at radius 2 is 2.53 bits per heavy atom. The summed E-state index contributed by atoms with van der Waals surface area (Å²) < 4.78 is 5.43. The van der Waals surface area contributed by atoms with Crippen molar-refractivity contribution in [2.45, 2.75) is 32.2 Å². The Kier molecular flexibility index (Phi) is 4.18. The van der Waals surface area contributed by atoms with Crippen LogP contribution in [0.1, 0.15) is 23.3 Å². The third-order valence-electron chi connectivity index (χ3n) is 2.91. The molecule has 0 aliphatic carbocycles. The maximum Gasteiger partial charge on any atom is 0.0619 e. The van der Waals surface area contributed by atoms with E-state index in [1.807, 2.05) is 11.3 Å². The standard InChI is InChI=1S/C12H19NOS/c1-10-5-8-15-12(10)4-6-13-11-3-2-7-14-9-11/h5,8,11,13H,2-4,6-7,9H2,1H3. The van der Waals surface area contributed by atoms with E-state index in [-0.39, 0.29) is 0 Å². The first-order valence-electron chi connectivity index (χ1n) is 5.70. The second kappa shape index (κ2) is 5.64. The van der Waals surface area contributed by atoms with Gasteiger partial charge in [-0.15, -0.1) is 11.3 Å². The summed E-state index contributed by atoms with van der Waals surface area (Å²) in [5, 5.41) is 5.74. The zero-order valence-electron chi connectivity index (χ0n) is 9.29. The zero-order valence-corrected chi connectivity index (χ0v) is 10.1. The van der Waals surface area contributed by atoms with Crippen LogP contribution in [0.4, 0.5) is 0 Å². The largest absolute Gasteiger partial charge is 0.380 e. The topological polar surface area (TPSA) is 21.3 Å². The maximum atomic E-state index is 5.43. The van der Waals surface area contributed by atoms with Crippen LogP contribution in [0.25, 0.3) is 0 Å². The summed E-state index contributed by atoms with van der Waals surface area (Å²) in [4.78, 5) is 1.51. The number of ether oxygens (including phenoxy) is 1. The number of rotatable bonds is 4. The van der Waals surface area contributed by atoms with Crippen molar-refractivity contribution >= 4 is 11.3 Å². The summed E-state index contributed by atoms with van der Waals surface area (Å²) in [6.45, 7) is 5.11. The molecule has 2 rings (SSSR count). The molecule has 1 saturated heterocycles. The molecule has 1 aromatic rings. The monoisotopic (exact) mass is 225 g/mol. The lowest BCUT2D eigenvalue weighted by molar-refractivity contribution is 0.0707. The molecule has 0 radical (unpaired) electrons.